The molecule has 1 saturated heterocycles. The molecule has 0 aromatic rings. The number of carbonyl (C=O) groups is 1. The van der Waals surface area contributed by atoms with E-state index in [1.165, 1.54) is 0 Å². The third-order valence-electron chi connectivity index (χ3n) is 2.40. The molecule has 0 radical (unpaired) electrons. The van der Waals surface area contributed by atoms with Crippen molar-refractivity contribution in [3.05, 3.63) is 0 Å². The van der Waals surface area contributed by atoms with E-state index in [2.05, 4.69) is 5.32 Å². The van der Waals surface area contributed by atoms with E-state index in [1.54, 1.807) is 7.11 Å². The molecule has 1 heterocycles. The van der Waals surface area contributed by atoms with Crippen molar-refractivity contribution in [3.63, 3.8) is 0 Å². The monoisotopic (exact) mass is 251 g/mol. The molecule has 0 aliphatic carbocycles. The molecule has 0 aromatic heterocycles. The van der Waals surface area contributed by atoms with Gasteiger partial charge in [0.2, 0.25) is 5.91 Å². The minimum Gasteiger partial charge on any atom is -0.383 e. The van der Waals surface area contributed by atoms with Gasteiger partial charge in [0, 0.05) is 25.3 Å². The summed E-state index contributed by atoms with van der Waals surface area (Å²) in [4.78, 5) is 11.6. The highest BCUT2D eigenvalue weighted by Crippen LogP contribution is 2.23. The standard InChI is InChI=1S/C10H18ClNO2S/c1-14-6-9(11)2-4-12-10(13)8-3-5-15-7-8/h8-9H,2-7H2,1H3,(H,12,13). The number of nitrogens with one attached hydrogen (secondary N) is 1. The Morgan fingerprint density at radius 1 is 1.73 bits per heavy atom. The van der Waals surface area contributed by atoms with Crippen LogP contribution in [-0.4, -0.2) is 43.1 Å². The van der Waals surface area contributed by atoms with Gasteiger partial charge in [0.1, 0.15) is 0 Å². The Hall–Kier alpha value is 0.0700. The first-order chi connectivity index (χ1) is 7.24. The van der Waals surface area contributed by atoms with Crippen LogP contribution in [0.25, 0.3) is 0 Å². The first-order valence-electron chi connectivity index (χ1n) is 5.22. The molecule has 0 bridgehead atoms. The predicted molar refractivity (Wildman–Crippen MR) is 64.6 cm³/mol. The van der Waals surface area contributed by atoms with Crippen molar-refractivity contribution in [2.75, 3.05) is 31.8 Å². The smallest absolute Gasteiger partial charge is 0.223 e. The molecule has 2 unspecified atom stereocenters. The highest BCUT2D eigenvalue weighted by atomic mass is 35.5. The highest BCUT2D eigenvalue weighted by molar-refractivity contribution is 7.99. The van der Waals surface area contributed by atoms with Crippen LogP contribution in [0.1, 0.15) is 12.8 Å². The maximum atomic E-state index is 11.6. The summed E-state index contributed by atoms with van der Waals surface area (Å²) < 4.78 is 4.91. The number of halogens is 1. The van der Waals surface area contributed by atoms with Gasteiger partial charge in [-0.2, -0.15) is 11.8 Å². The average molecular weight is 252 g/mol. The Bertz CT molecular complexity index is 198. The molecule has 1 N–H and O–H groups in total. The zero-order valence-corrected chi connectivity index (χ0v) is 10.6. The van der Waals surface area contributed by atoms with Gasteiger partial charge in [0.25, 0.3) is 0 Å². The number of rotatable bonds is 6. The number of ether oxygens (including phenoxy) is 1. The molecule has 2 atom stereocenters. The van der Waals surface area contributed by atoms with Crippen LogP contribution in [-0.2, 0) is 9.53 Å². The lowest BCUT2D eigenvalue weighted by Gasteiger charge is -2.11. The Kier molecular flexibility index (Phi) is 6.45. The number of alkyl halides is 1. The van der Waals surface area contributed by atoms with E-state index in [4.69, 9.17) is 16.3 Å². The summed E-state index contributed by atoms with van der Waals surface area (Å²) in [5.74, 6) is 2.47. The molecule has 0 aromatic carbocycles. The van der Waals surface area contributed by atoms with Gasteiger partial charge in [-0.3, -0.25) is 4.79 Å². The van der Waals surface area contributed by atoms with Crippen LogP contribution < -0.4 is 5.32 Å². The summed E-state index contributed by atoms with van der Waals surface area (Å²) in [7, 11) is 1.63. The van der Waals surface area contributed by atoms with Crippen molar-refractivity contribution in [2.45, 2.75) is 18.2 Å². The first-order valence-corrected chi connectivity index (χ1v) is 6.81. The van der Waals surface area contributed by atoms with Crippen LogP contribution in [0.4, 0.5) is 0 Å². The van der Waals surface area contributed by atoms with Gasteiger partial charge in [-0.15, -0.1) is 11.6 Å². The molecule has 1 aliphatic heterocycles. The minimum atomic E-state index is -0.00625. The van der Waals surface area contributed by atoms with Crippen LogP contribution in [0, 0.1) is 5.92 Å². The topological polar surface area (TPSA) is 38.3 Å². The summed E-state index contributed by atoms with van der Waals surface area (Å²) in [6.07, 6.45) is 1.78. The second-order valence-corrected chi connectivity index (χ2v) is 5.46. The van der Waals surface area contributed by atoms with Crippen LogP contribution in [0.2, 0.25) is 0 Å². The zero-order valence-electron chi connectivity index (χ0n) is 9.00. The number of amides is 1. The Balaban J connectivity index is 2.06. The average Bonchev–Trinajstić information content (AvgIpc) is 2.70. The van der Waals surface area contributed by atoms with Crippen LogP contribution in [0.15, 0.2) is 0 Å². The second-order valence-electron chi connectivity index (χ2n) is 3.69. The predicted octanol–water partition coefficient (Wildman–Crippen LogP) is 1.50. The number of carbonyl (C=O) groups excluding carboxylic acids is 1. The quantitative estimate of drug-likeness (QED) is 0.728. The Morgan fingerprint density at radius 3 is 3.13 bits per heavy atom. The molecule has 1 amide bonds. The van der Waals surface area contributed by atoms with Gasteiger partial charge >= 0.3 is 0 Å². The van der Waals surface area contributed by atoms with Gasteiger partial charge in [0.15, 0.2) is 0 Å². The molecule has 0 saturated carbocycles. The van der Waals surface area contributed by atoms with Crippen LogP contribution in [0.3, 0.4) is 0 Å². The number of hydrogen-bond donors (Lipinski definition) is 1. The van der Waals surface area contributed by atoms with Crippen molar-refractivity contribution in [1.29, 1.82) is 0 Å². The van der Waals surface area contributed by atoms with E-state index < -0.39 is 0 Å². The molecular formula is C10H18ClNO2S. The lowest BCUT2D eigenvalue weighted by Crippen LogP contribution is -2.32. The summed E-state index contributed by atoms with van der Waals surface area (Å²) in [5, 5.41) is 2.92. The van der Waals surface area contributed by atoms with Gasteiger partial charge < -0.3 is 10.1 Å². The largest absolute Gasteiger partial charge is 0.383 e. The second kappa shape index (κ2) is 7.36. The highest BCUT2D eigenvalue weighted by Gasteiger charge is 2.22. The van der Waals surface area contributed by atoms with E-state index in [9.17, 15) is 4.79 Å². The fraction of sp³-hybridized carbons (Fsp3) is 0.900. The molecule has 15 heavy (non-hydrogen) atoms. The minimum absolute atomic E-state index is 0.00625. The number of methoxy groups -OCH3 is 1. The lowest BCUT2D eigenvalue weighted by molar-refractivity contribution is -0.124. The molecule has 5 heteroatoms. The maximum absolute atomic E-state index is 11.6. The van der Waals surface area contributed by atoms with Gasteiger partial charge in [-0.1, -0.05) is 0 Å². The molecular weight excluding hydrogens is 234 g/mol. The van der Waals surface area contributed by atoms with Crippen LogP contribution in [0.5, 0.6) is 0 Å². The van der Waals surface area contributed by atoms with Gasteiger partial charge in [-0.05, 0) is 18.6 Å². The number of thioether (sulfide) groups is 1. The fourth-order valence-electron chi connectivity index (χ4n) is 1.50. The molecule has 1 aliphatic rings. The van der Waals surface area contributed by atoms with E-state index in [0.29, 0.717) is 13.2 Å². The Morgan fingerprint density at radius 2 is 2.53 bits per heavy atom. The number of hydrogen-bond acceptors (Lipinski definition) is 3. The van der Waals surface area contributed by atoms with Gasteiger partial charge in [-0.25, -0.2) is 0 Å². The SMILES string of the molecule is COCC(Cl)CCNC(=O)C1CCSC1. The van der Waals surface area contributed by atoms with E-state index in [-0.39, 0.29) is 17.2 Å². The molecule has 1 rings (SSSR count). The fourth-order valence-corrected chi connectivity index (χ4v) is 2.96. The molecule has 88 valence electrons. The Labute approximate surface area is 100 Å². The third kappa shape index (κ3) is 5.09. The summed E-state index contributed by atoms with van der Waals surface area (Å²) >= 11 is 7.80. The third-order valence-corrected chi connectivity index (χ3v) is 3.91. The summed E-state index contributed by atoms with van der Waals surface area (Å²) in [6.45, 7) is 1.19. The van der Waals surface area contributed by atoms with Crippen LogP contribution >= 0.6 is 23.4 Å². The maximum Gasteiger partial charge on any atom is 0.223 e. The van der Waals surface area contributed by atoms with Crippen molar-refractivity contribution in [3.8, 4) is 0 Å². The summed E-state index contributed by atoms with van der Waals surface area (Å²) in [6, 6.07) is 0. The van der Waals surface area contributed by atoms with E-state index >= 15 is 0 Å². The normalized spacial score (nSPS) is 22.7. The molecule has 0 spiro atoms. The van der Waals surface area contributed by atoms with Crippen molar-refractivity contribution in [1.82, 2.24) is 5.32 Å². The van der Waals surface area contributed by atoms with E-state index in [1.807, 2.05) is 11.8 Å². The molecule has 3 nitrogen and oxygen atoms in total. The van der Waals surface area contributed by atoms with Crippen molar-refractivity contribution >= 4 is 29.3 Å². The van der Waals surface area contributed by atoms with Gasteiger partial charge in [0.05, 0.1) is 12.0 Å². The summed E-state index contributed by atoms with van der Waals surface area (Å²) in [5.41, 5.74) is 0. The first kappa shape index (κ1) is 13.1. The zero-order chi connectivity index (χ0) is 11.1. The lowest BCUT2D eigenvalue weighted by atomic mass is 10.1. The molecule has 1 fully saturated rings. The van der Waals surface area contributed by atoms with Crippen molar-refractivity contribution < 1.29 is 9.53 Å². The van der Waals surface area contributed by atoms with E-state index in [0.717, 1.165) is 24.3 Å². The van der Waals surface area contributed by atoms with Crippen molar-refractivity contribution in [2.24, 2.45) is 5.92 Å².